The molecule has 0 aliphatic carbocycles. The molecule has 11 heteroatoms. The molecule has 8 nitrogen and oxygen atoms in total. The molecule has 4 heterocycles. The molecule has 0 N–H and O–H groups in total. The zero-order chi connectivity index (χ0) is 32.5. The molecule has 6 rings (SSSR count). The van der Waals surface area contributed by atoms with Crippen LogP contribution in [0.25, 0.3) is 11.0 Å². The lowest BCUT2D eigenvalue weighted by molar-refractivity contribution is 0.0367. The molecule has 2 aromatic carbocycles. The number of rotatable bonds is 8. The van der Waals surface area contributed by atoms with E-state index in [-0.39, 0.29) is 41.4 Å². The second kappa shape index (κ2) is 15.3. The van der Waals surface area contributed by atoms with Crippen LogP contribution in [0.15, 0.2) is 48.5 Å². The Bertz CT molecular complexity index is 1710. The monoisotopic (exact) mass is 617 g/mol. The van der Waals surface area contributed by atoms with E-state index in [4.69, 9.17) is 19.7 Å². The van der Waals surface area contributed by atoms with Crippen LogP contribution in [0.3, 0.4) is 0 Å². The summed E-state index contributed by atoms with van der Waals surface area (Å²) in [6.07, 6.45) is 9.78. The lowest BCUT2D eigenvalue weighted by atomic mass is 10.0. The van der Waals surface area contributed by atoms with Gasteiger partial charge in [0.2, 0.25) is 0 Å². The van der Waals surface area contributed by atoms with Crippen molar-refractivity contribution in [3.05, 3.63) is 88.5 Å². The summed E-state index contributed by atoms with van der Waals surface area (Å²) in [6.45, 7) is 3.57. The minimum atomic E-state index is -0.720. The molecule has 2 saturated heterocycles. The first-order valence-electron chi connectivity index (χ1n) is 14.4. The molecule has 2 atom stereocenters. The van der Waals surface area contributed by atoms with Gasteiger partial charge in [-0.3, -0.25) is 14.7 Å². The van der Waals surface area contributed by atoms with E-state index < -0.39 is 18.3 Å². The Hall–Kier alpha value is -4.71. The Kier molecular flexibility index (Phi) is 11.3. The first-order chi connectivity index (χ1) is 21.8. The number of benzene rings is 2. The molecule has 2 aliphatic rings. The maximum absolute atomic E-state index is 14.5. The number of nitrogens with zero attached hydrogens (tertiary/aromatic N) is 5. The highest BCUT2D eigenvalue weighted by Crippen LogP contribution is 2.33. The Balaban J connectivity index is 0.000000700. The summed E-state index contributed by atoms with van der Waals surface area (Å²) in [5.41, 5.74) is 2.96. The van der Waals surface area contributed by atoms with Gasteiger partial charge in [-0.05, 0) is 68.3 Å². The number of fused-ring (bicyclic) bond motifs is 1. The van der Waals surface area contributed by atoms with Crippen molar-refractivity contribution < 1.29 is 27.4 Å². The zero-order valence-electron chi connectivity index (χ0n) is 25.2. The summed E-state index contributed by atoms with van der Waals surface area (Å²) in [5, 5.41) is 8.88. The minimum Gasteiger partial charge on any atom is -0.484 e. The summed E-state index contributed by atoms with van der Waals surface area (Å²) in [5.74, 6) is -0.844. The van der Waals surface area contributed by atoms with Crippen LogP contribution in [0.1, 0.15) is 58.8 Å². The van der Waals surface area contributed by atoms with E-state index in [2.05, 4.69) is 17.8 Å². The van der Waals surface area contributed by atoms with Crippen molar-refractivity contribution in [2.24, 2.45) is 7.05 Å². The van der Waals surface area contributed by atoms with E-state index in [1.807, 2.05) is 34.7 Å². The third-order valence-corrected chi connectivity index (χ3v) is 7.79. The van der Waals surface area contributed by atoms with Gasteiger partial charge in [0.05, 0.1) is 29.2 Å². The molecule has 2 aliphatic heterocycles. The van der Waals surface area contributed by atoms with Crippen molar-refractivity contribution >= 4 is 16.8 Å². The van der Waals surface area contributed by atoms with Crippen LogP contribution in [0.4, 0.5) is 13.2 Å². The van der Waals surface area contributed by atoms with Crippen molar-refractivity contribution in [1.29, 1.82) is 5.26 Å². The summed E-state index contributed by atoms with van der Waals surface area (Å²) in [7, 11) is 1.87. The van der Waals surface area contributed by atoms with E-state index in [1.165, 1.54) is 31.5 Å². The molecule has 2 unspecified atom stereocenters. The smallest absolute Gasteiger partial charge is 0.166 e. The van der Waals surface area contributed by atoms with Gasteiger partial charge in [0, 0.05) is 50.0 Å². The molecule has 0 bridgehead atoms. The van der Waals surface area contributed by atoms with Crippen LogP contribution in [0, 0.1) is 35.8 Å². The van der Waals surface area contributed by atoms with Crippen LogP contribution >= 0.6 is 0 Å². The number of terminal acetylenes is 1. The normalized spacial score (nSPS) is 17.3. The molecule has 2 aromatic heterocycles. The molecular formula is C34H34F3N5O3. The Morgan fingerprint density at radius 3 is 2.47 bits per heavy atom. The molecular weight excluding hydrogens is 583 g/mol. The second-order valence-electron chi connectivity index (χ2n) is 10.7. The highest BCUT2D eigenvalue weighted by molar-refractivity contribution is 5.97. The van der Waals surface area contributed by atoms with Crippen molar-refractivity contribution in [3.63, 3.8) is 0 Å². The van der Waals surface area contributed by atoms with E-state index in [9.17, 15) is 18.0 Å². The predicted molar refractivity (Wildman–Crippen MR) is 163 cm³/mol. The molecule has 0 saturated carbocycles. The fourth-order valence-corrected chi connectivity index (χ4v) is 5.14. The van der Waals surface area contributed by atoms with Crippen molar-refractivity contribution in [2.75, 3.05) is 26.4 Å². The average Bonchev–Trinajstić information content (AvgIpc) is 3.57. The number of hydrogen-bond donors (Lipinski definition) is 0. The first kappa shape index (κ1) is 33.2. The van der Waals surface area contributed by atoms with Crippen LogP contribution in [-0.4, -0.2) is 57.7 Å². The number of Topliss-reactive ketones (excluding diaryl/α,β-unsaturated/α-hetero) is 1. The van der Waals surface area contributed by atoms with E-state index >= 15 is 0 Å². The maximum Gasteiger partial charge on any atom is 0.166 e. The summed E-state index contributed by atoms with van der Waals surface area (Å²) in [4.78, 5) is 22.9. The molecule has 45 heavy (non-hydrogen) atoms. The van der Waals surface area contributed by atoms with Crippen LogP contribution in [-0.2, 0) is 24.9 Å². The Labute approximate surface area is 260 Å². The van der Waals surface area contributed by atoms with Crippen LogP contribution in [0.2, 0.25) is 0 Å². The van der Waals surface area contributed by atoms with Crippen LogP contribution in [0.5, 0.6) is 5.75 Å². The van der Waals surface area contributed by atoms with Crippen molar-refractivity contribution in [3.8, 4) is 24.7 Å². The number of likely N-dealkylation sites (tertiary alicyclic amines) is 1. The topological polar surface area (TPSA) is 93.3 Å². The molecule has 234 valence electrons. The molecule has 0 radical (unpaired) electrons. The molecule has 2 fully saturated rings. The SMILES string of the molecule is C#C.C1COC1.CC(=O)c1ccc2nc(CN3CC(c4ccc(F)c(COc5ccc(C#N)cc5F)n4)CC3CF)n(C)c2c1. The fourth-order valence-electron chi connectivity index (χ4n) is 5.14. The molecule has 0 spiro atoms. The van der Waals surface area contributed by atoms with E-state index in [1.54, 1.807) is 12.1 Å². The fraction of sp³-hybridized carbons (Fsp3) is 0.353. The number of ketones is 1. The Morgan fingerprint density at radius 1 is 1.11 bits per heavy atom. The lowest BCUT2D eigenvalue weighted by Gasteiger charge is -2.21. The van der Waals surface area contributed by atoms with E-state index in [0.717, 1.165) is 36.1 Å². The number of aryl methyl sites for hydroxylation is 1. The Morgan fingerprint density at radius 2 is 1.84 bits per heavy atom. The largest absolute Gasteiger partial charge is 0.484 e. The van der Waals surface area contributed by atoms with Gasteiger partial charge in [-0.15, -0.1) is 12.8 Å². The van der Waals surface area contributed by atoms with Crippen molar-refractivity contribution in [1.82, 2.24) is 19.4 Å². The number of alkyl halides is 1. The van der Waals surface area contributed by atoms with Gasteiger partial charge >= 0.3 is 0 Å². The number of ether oxygens (including phenoxy) is 2. The third kappa shape index (κ3) is 7.88. The predicted octanol–water partition coefficient (Wildman–Crippen LogP) is 5.88. The highest BCUT2D eigenvalue weighted by Gasteiger charge is 2.35. The number of imidazole rings is 1. The van der Waals surface area contributed by atoms with Gasteiger partial charge in [0.25, 0.3) is 0 Å². The standard InChI is InChI=1S/C29H26F3N5O2.C3H6O.C2H2/c1-17(38)19-4-6-25-27(11-19)36(2)29(35-25)15-37-14-20(10-21(37)12-30)24-7-5-22(31)26(34-24)16-39-28-8-3-18(13-33)9-23(28)32;1-2-4-3-1;1-2/h3-9,11,20-21H,10,12,14-16H2,1-2H3;1-3H2;1-2H. The number of halogens is 3. The summed E-state index contributed by atoms with van der Waals surface area (Å²) >= 11 is 0. The van der Waals surface area contributed by atoms with Crippen LogP contribution < -0.4 is 4.74 Å². The quantitative estimate of drug-likeness (QED) is 0.180. The number of aromatic nitrogens is 3. The number of carbonyl (C=O) groups is 1. The van der Waals surface area contributed by atoms with Crippen molar-refractivity contribution in [2.45, 2.75) is 44.9 Å². The minimum absolute atomic E-state index is 0.0168. The maximum atomic E-state index is 14.5. The molecule has 0 amide bonds. The number of carbonyl (C=O) groups excluding carboxylic acids is 1. The van der Waals surface area contributed by atoms with Gasteiger partial charge in [-0.2, -0.15) is 5.26 Å². The second-order valence-corrected chi connectivity index (χ2v) is 10.7. The third-order valence-electron chi connectivity index (χ3n) is 7.79. The lowest BCUT2D eigenvalue weighted by Crippen LogP contribution is -2.31. The number of nitriles is 1. The highest BCUT2D eigenvalue weighted by atomic mass is 19.1. The average molecular weight is 618 g/mol. The molecule has 4 aromatic rings. The van der Waals surface area contributed by atoms with E-state index in [0.29, 0.717) is 30.8 Å². The van der Waals surface area contributed by atoms with Gasteiger partial charge in [-0.25, -0.2) is 18.2 Å². The van der Waals surface area contributed by atoms with Gasteiger partial charge in [-0.1, -0.05) is 0 Å². The number of hydrogen-bond acceptors (Lipinski definition) is 7. The van der Waals surface area contributed by atoms with Gasteiger partial charge < -0.3 is 14.0 Å². The zero-order valence-corrected chi connectivity index (χ0v) is 25.2. The van der Waals surface area contributed by atoms with Gasteiger partial charge in [0.1, 0.15) is 30.6 Å². The number of pyridine rings is 1. The summed E-state index contributed by atoms with van der Waals surface area (Å²) in [6, 6.07) is 13.5. The summed E-state index contributed by atoms with van der Waals surface area (Å²) < 4.78 is 54.8. The first-order valence-corrected chi connectivity index (χ1v) is 14.4. The van der Waals surface area contributed by atoms with Gasteiger partial charge in [0.15, 0.2) is 17.3 Å².